The highest BCUT2D eigenvalue weighted by atomic mass is 79.9. The van der Waals surface area contributed by atoms with Crippen molar-refractivity contribution in [2.75, 3.05) is 0 Å². The van der Waals surface area contributed by atoms with Crippen LogP contribution < -0.4 is 0 Å². The van der Waals surface area contributed by atoms with Crippen LogP contribution in [0.4, 0.5) is 4.39 Å². The minimum absolute atomic E-state index is 0.254. The average Bonchev–Trinajstić information content (AvgIpc) is 3.07. The van der Waals surface area contributed by atoms with Gasteiger partial charge < -0.3 is 5.11 Å². The number of benzene rings is 1. The second kappa shape index (κ2) is 4.41. The van der Waals surface area contributed by atoms with E-state index in [9.17, 15) is 14.3 Å². The van der Waals surface area contributed by atoms with Crippen LogP contribution in [-0.4, -0.2) is 11.1 Å². The maximum Gasteiger partial charge on any atom is 0.309 e. The van der Waals surface area contributed by atoms with E-state index in [1.54, 1.807) is 19.1 Å². The Morgan fingerprint density at radius 1 is 1.59 bits per heavy atom. The van der Waals surface area contributed by atoms with Crippen LogP contribution >= 0.6 is 15.9 Å². The smallest absolute Gasteiger partial charge is 0.309 e. The Labute approximate surface area is 108 Å². The van der Waals surface area contributed by atoms with Crippen molar-refractivity contribution in [2.45, 2.75) is 26.2 Å². The molecule has 1 saturated carbocycles. The maximum absolute atomic E-state index is 13.1. The lowest BCUT2D eigenvalue weighted by Gasteiger charge is -2.24. The molecule has 0 aliphatic heterocycles. The molecule has 17 heavy (non-hydrogen) atoms. The van der Waals surface area contributed by atoms with E-state index in [2.05, 4.69) is 15.9 Å². The molecule has 0 spiro atoms. The molecule has 0 aromatic heterocycles. The monoisotopic (exact) mass is 300 g/mol. The third-order valence-corrected chi connectivity index (χ3v) is 4.13. The Balaban J connectivity index is 2.23. The molecule has 1 aromatic carbocycles. The van der Waals surface area contributed by atoms with Crippen LogP contribution in [0.3, 0.4) is 0 Å². The van der Waals surface area contributed by atoms with Crippen molar-refractivity contribution < 1.29 is 14.3 Å². The Hall–Kier alpha value is -0.900. The van der Waals surface area contributed by atoms with E-state index in [1.807, 2.05) is 0 Å². The number of carboxylic acids is 1. The Morgan fingerprint density at radius 3 is 2.71 bits per heavy atom. The molecule has 0 saturated heterocycles. The molecule has 0 bridgehead atoms. The van der Waals surface area contributed by atoms with Gasteiger partial charge in [0.05, 0.1) is 9.89 Å². The van der Waals surface area contributed by atoms with Gasteiger partial charge in [-0.1, -0.05) is 6.07 Å². The predicted molar refractivity (Wildman–Crippen MR) is 66.3 cm³/mol. The van der Waals surface area contributed by atoms with Gasteiger partial charge >= 0.3 is 5.97 Å². The van der Waals surface area contributed by atoms with Crippen LogP contribution in [0.5, 0.6) is 0 Å². The number of hydrogen-bond donors (Lipinski definition) is 1. The summed E-state index contributed by atoms with van der Waals surface area (Å²) in [4.78, 5) is 11.4. The number of hydrogen-bond acceptors (Lipinski definition) is 1. The lowest BCUT2D eigenvalue weighted by atomic mass is 9.79. The fourth-order valence-electron chi connectivity index (χ4n) is 2.19. The molecule has 1 aromatic rings. The molecule has 1 atom stereocenters. The highest BCUT2D eigenvalue weighted by Crippen LogP contribution is 2.47. The number of halogens is 2. The van der Waals surface area contributed by atoms with Gasteiger partial charge in [-0.2, -0.15) is 0 Å². The Morgan fingerprint density at radius 2 is 2.24 bits per heavy atom. The lowest BCUT2D eigenvalue weighted by molar-refractivity contribution is -0.149. The summed E-state index contributed by atoms with van der Waals surface area (Å²) in [7, 11) is 0. The normalized spacial score (nSPS) is 18.8. The zero-order valence-electron chi connectivity index (χ0n) is 9.54. The molecule has 0 radical (unpaired) electrons. The molecule has 1 N–H and O–H groups in total. The summed E-state index contributed by atoms with van der Waals surface area (Å²) in [5, 5.41) is 9.34. The second-order valence-corrected chi connectivity index (χ2v) is 5.78. The van der Waals surface area contributed by atoms with Crippen LogP contribution in [0.1, 0.15) is 25.3 Å². The van der Waals surface area contributed by atoms with Crippen molar-refractivity contribution in [1.29, 1.82) is 0 Å². The van der Waals surface area contributed by atoms with E-state index in [-0.39, 0.29) is 11.7 Å². The summed E-state index contributed by atoms with van der Waals surface area (Å²) in [6.07, 6.45) is 2.40. The first kappa shape index (κ1) is 12.6. The fraction of sp³-hybridized carbons (Fsp3) is 0.462. The zero-order chi connectivity index (χ0) is 12.6. The molecular formula is C13H14BrFO2. The van der Waals surface area contributed by atoms with Gasteiger partial charge in [-0.25, -0.2) is 4.39 Å². The van der Waals surface area contributed by atoms with E-state index >= 15 is 0 Å². The molecule has 1 aliphatic carbocycles. The first-order valence-corrected chi connectivity index (χ1v) is 6.40. The van der Waals surface area contributed by atoms with Gasteiger partial charge in [-0.3, -0.25) is 4.79 Å². The van der Waals surface area contributed by atoms with Gasteiger partial charge in [0.25, 0.3) is 0 Å². The highest BCUT2D eigenvalue weighted by Gasteiger charge is 2.47. The number of rotatable bonds is 4. The molecule has 4 heteroatoms. The molecular weight excluding hydrogens is 287 g/mol. The molecule has 0 amide bonds. The van der Waals surface area contributed by atoms with Crippen molar-refractivity contribution in [3.63, 3.8) is 0 Å². The van der Waals surface area contributed by atoms with Gasteiger partial charge in [0, 0.05) is 0 Å². The number of aliphatic carboxylic acids is 1. The van der Waals surface area contributed by atoms with E-state index < -0.39 is 11.4 Å². The van der Waals surface area contributed by atoms with Gasteiger partial charge in [0.15, 0.2) is 0 Å². The van der Waals surface area contributed by atoms with Crippen molar-refractivity contribution in [1.82, 2.24) is 0 Å². The summed E-state index contributed by atoms with van der Waals surface area (Å²) < 4.78 is 13.5. The number of carbonyl (C=O) groups is 1. The van der Waals surface area contributed by atoms with Crippen LogP contribution in [0.2, 0.25) is 0 Å². The molecule has 1 aliphatic rings. The van der Waals surface area contributed by atoms with Crippen molar-refractivity contribution in [2.24, 2.45) is 11.3 Å². The van der Waals surface area contributed by atoms with Gasteiger partial charge in [0.2, 0.25) is 0 Å². The fourth-order valence-corrected chi connectivity index (χ4v) is 2.61. The topological polar surface area (TPSA) is 37.3 Å². The van der Waals surface area contributed by atoms with Crippen LogP contribution in [0.15, 0.2) is 22.7 Å². The van der Waals surface area contributed by atoms with Gasteiger partial charge in [0.1, 0.15) is 5.82 Å². The van der Waals surface area contributed by atoms with Gasteiger partial charge in [-0.05, 0) is 65.7 Å². The minimum atomic E-state index is -0.763. The lowest BCUT2D eigenvalue weighted by Crippen LogP contribution is -2.32. The third-order valence-electron chi connectivity index (χ3n) is 3.52. The Bertz CT molecular complexity index is 457. The molecule has 1 fully saturated rings. The second-order valence-electron chi connectivity index (χ2n) is 4.92. The average molecular weight is 301 g/mol. The first-order valence-electron chi connectivity index (χ1n) is 5.61. The van der Waals surface area contributed by atoms with Crippen LogP contribution in [0.25, 0.3) is 0 Å². The van der Waals surface area contributed by atoms with E-state index in [0.717, 1.165) is 18.4 Å². The molecule has 2 rings (SSSR count). The van der Waals surface area contributed by atoms with Crippen molar-refractivity contribution in [3.8, 4) is 0 Å². The quantitative estimate of drug-likeness (QED) is 0.922. The molecule has 0 heterocycles. The summed E-state index contributed by atoms with van der Waals surface area (Å²) in [6.45, 7) is 1.78. The summed E-state index contributed by atoms with van der Waals surface area (Å²) in [6, 6.07) is 4.69. The maximum atomic E-state index is 13.1. The van der Waals surface area contributed by atoms with Crippen LogP contribution in [0, 0.1) is 17.2 Å². The molecule has 92 valence electrons. The van der Waals surface area contributed by atoms with Crippen LogP contribution in [-0.2, 0) is 11.2 Å². The van der Waals surface area contributed by atoms with E-state index in [4.69, 9.17) is 0 Å². The predicted octanol–water partition coefficient (Wildman–Crippen LogP) is 3.63. The van der Waals surface area contributed by atoms with Gasteiger partial charge in [-0.15, -0.1) is 0 Å². The summed E-state index contributed by atoms with van der Waals surface area (Å²) >= 11 is 3.12. The summed E-state index contributed by atoms with van der Waals surface area (Å²) in [5.41, 5.74) is 0.132. The van der Waals surface area contributed by atoms with Crippen molar-refractivity contribution in [3.05, 3.63) is 34.1 Å². The Kier molecular flexibility index (Phi) is 3.25. The first-order chi connectivity index (χ1) is 7.93. The highest BCUT2D eigenvalue weighted by molar-refractivity contribution is 9.10. The SMILES string of the molecule is CC(Cc1ccc(F)c(Br)c1)(C(=O)O)C1CC1. The summed E-state index contributed by atoms with van der Waals surface area (Å²) in [5.74, 6) is -0.832. The van der Waals surface area contributed by atoms with E-state index in [1.165, 1.54) is 6.07 Å². The zero-order valence-corrected chi connectivity index (χ0v) is 11.1. The number of carboxylic acid groups (broad SMARTS) is 1. The molecule has 1 unspecified atom stereocenters. The van der Waals surface area contributed by atoms with Crippen molar-refractivity contribution >= 4 is 21.9 Å². The largest absolute Gasteiger partial charge is 0.481 e. The molecule has 2 nitrogen and oxygen atoms in total. The van der Waals surface area contributed by atoms with E-state index in [0.29, 0.717) is 10.9 Å². The minimum Gasteiger partial charge on any atom is -0.481 e. The standard InChI is InChI=1S/C13H14BrFO2/c1-13(12(16)17,9-3-4-9)7-8-2-5-11(15)10(14)6-8/h2,5-6,9H,3-4,7H2,1H3,(H,16,17). The third kappa shape index (κ3) is 2.51.